The van der Waals surface area contributed by atoms with Crippen molar-refractivity contribution in [2.75, 3.05) is 11.2 Å². The van der Waals surface area contributed by atoms with Crippen molar-refractivity contribution in [2.45, 2.75) is 0 Å². The van der Waals surface area contributed by atoms with Gasteiger partial charge in [0.25, 0.3) is 0 Å². The minimum atomic E-state index is 0.897. The molecule has 0 saturated carbocycles. The predicted molar refractivity (Wildman–Crippen MR) is 69.6 cm³/mol. The first-order valence-corrected chi connectivity index (χ1v) is 5.81. The largest absolute Gasteiger partial charge is 0.338 e. The second-order valence-corrected chi connectivity index (χ2v) is 3.65. The van der Waals surface area contributed by atoms with Crippen molar-refractivity contribution < 1.29 is 0 Å². The number of hydrogen-bond donors (Lipinski definition) is 0. The summed E-state index contributed by atoms with van der Waals surface area (Å²) in [5.41, 5.74) is 2.44. The standard InChI is InChI=1S/C13H14NP/c15-11-14(12-7-3-1-4-8-12)13-9-5-2-6-10-13/h1-10H,11,15H2. The summed E-state index contributed by atoms with van der Waals surface area (Å²) in [7, 11) is 2.77. The summed E-state index contributed by atoms with van der Waals surface area (Å²) in [5, 5.41) is 0. The van der Waals surface area contributed by atoms with E-state index >= 15 is 0 Å². The third-order valence-electron chi connectivity index (χ3n) is 2.32. The van der Waals surface area contributed by atoms with Gasteiger partial charge in [0, 0.05) is 17.7 Å². The minimum absolute atomic E-state index is 0.897. The van der Waals surface area contributed by atoms with Crippen LogP contribution in [-0.4, -0.2) is 6.29 Å². The van der Waals surface area contributed by atoms with Crippen molar-refractivity contribution in [3.05, 3.63) is 60.7 Å². The SMILES string of the molecule is PCN(c1ccccc1)c1ccccc1. The first-order chi connectivity index (χ1) is 7.42. The maximum Gasteiger partial charge on any atom is 0.0413 e. The van der Waals surface area contributed by atoms with E-state index in [-0.39, 0.29) is 0 Å². The van der Waals surface area contributed by atoms with E-state index in [1.807, 2.05) is 12.1 Å². The van der Waals surface area contributed by atoms with Crippen molar-refractivity contribution in [3.8, 4) is 0 Å². The second kappa shape index (κ2) is 4.95. The van der Waals surface area contributed by atoms with Crippen LogP contribution in [0.25, 0.3) is 0 Å². The summed E-state index contributed by atoms with van der Waals surface area (Å²) in [6.07, 6.45) is 0.897. The van der Waals surface area contributed by atoms with Crippen molar-refractivity contribution in [2.24, 2.45) is 0 Å². The molecule has 0 aliphatic carbocycles. The fraction of sp³-hybridized carbons (Fsp3) is 0.0769. The summed E-state index contributed by atoms with van der Waals surface area (Å²) in [6, 6.07) is 20.8. The molecule has 0 saturated heterocycles. The molecule has 0 aromatic heterocycles. The molecule has 0 fully saturated rings. The van der Waals surface area contributed by atoms with Gasteiger partial charge in [-0.15, -0.1) is 9.24 Å². The topological polar surface area (TPSA) is 3.24 Å². The molecule has 15 heavy (non-hydrogen) atoms. The van der Waals surface area contributed by atoms with E-state index in [4.69, 9.17) is 0 Å². The molecular weight excluding hydrogens is 201 g/mol. The number of hydrogen-bond acceptors (Lipinski definition) is 1. The Balaban J connectivity index is 2.34. The lowest BCUT2D eigenvalue weighted by molar-refractivity contribution is 1.17. The summed E-state index contributed by atoms with van der Waals surface area (Å²) < 4.78 is 0. The molecule has 2 aromatic carbocycles. The third kappa shape index (κ3) is 2.37. The van der Waals surface area contributed by atoms with E-state index in [9.17, 15) is 0 Å². The Labute approximate surface area is 92.9 Å². The number of nitrogens with zero attached hydrogens (tertiary/aromatic N) is 1. The van der Waals surface area contributed by atoms with Crippen molar-refractivity contribution in [1.29, 1.82) is 0 Å². The zero-order valence-electron chi connectivity index (χ0n) is 8.51. The van der Waals surface area contributed by atoms with Crippen LogP contribution >= 0.6 is 9.24 Å². The minimum Gasteiger partial charge on any atom is -0.338 e. The van der Waals surface area contributed by atoms with Crippen molar-refractivity contribution in [1.82, 2.24) is 0 Å². The number of benzene rings is 2. The fourth-order valence-corrected chi connectivity index (χ4v) is 2.00. The normalized spacial score (nSPS) is 9.93. The first kappa shape index (κ1) is 10.2. The lowest BCUT2D eigenvalue weighted by Crippen LogP contribution is -2.13. The van der Waals surface area contributed by atoms with Crippen LogP contribution in [0.5, 0.6) is 0 Å². The summed E-state index contributed by atoms with van der Waals surface area (Å²) in [5.74, 6) is 0. The monoisotopic (exact) mass is 215 g/mol. The van der Waals surface area contributed by atoms with Crippen LogP contribution in [-0.2, 0) is 0 Å². The van der Waals surface area contributed by atoms with Crippen molar-refractivity contribution >= 4 is 20.6 Å². The molecular formula is C13H14NP. The smallest absolute Gasteiger partial charge is 0.0413 e. The second-order valence-electron chi connectivity index (χ2n) is 3.28. The Hall–Kier alpha value is -1.33. The Bertz CT molecular complexity index is 360. The first-order valence-electron chi connectivity index (χ1n) is 4.99. The average molecular weight is 215 g/mol. The highest BCUT2D eigenvalue weighted by Gasteiger charge is 2.04. The van der Waals surface area contributed by atoms with Gasteiger partial charge in [-0.3, -0.25) is 0 Å². The summed E-state index contributed by atoms with van der Waals surface area (Å²) in [6.45, 7) is 0. The molecule has 0 amide bonds. The summed E-state index contributed by atoms with van der Waals surface area (Å²) >= 11 is 0. The Kier molecular flexibility index (Phi) is 3.37. The van der Waals surface area contributed by atoms with Gasteiger partial charge in [-0.25, -0.2) is 0 Å². The molecule has 2 rings (SSSR count). The highest BCUT2D eigenvalue weighted by molar-refractivity contribution is 7.16. The van der Waals surface area contributed by atoms with Crippen LogP contribution in [0.3, 0.4) is 0 Å². The van der Waals surface area contributed by atoms with Gasteiger partial charge in [-0.1, -0.05) is 36.4 Å². The maximum absolute atomic E-state index is 2.77. The highest BCUT2D eigenvalue weighted by atomic mass is 31.0. The van der Waals surface area contributed by atoms with Crippen molar-refractivity contribution in [3.63, 3.8) is 0 Å². The average Bonchev–Trinajstić information content (AvgIpc) is 2.33. The van der Waals surface area contributed by atoms with Gasteiger partial charge in [0.05, 0.1) is 0 Å². The van der Waals surface area contributed by atoms with Crippen LogP contribution in [0.15, 0.2) is 60.7 Å². The van der Waals surface area contributed by atoms with E-state index in [1.54, 1.807) is 0 Å². The lowest BCUT2D eigenvalue weighted by Gasteiger charge is -2.22. The van der Waals surface area contributed by atoms with Gasteiger partial charge in [-0.2, -0.15) is 0 Å². The number of para-hydroxylation sites is 2. The van der Waals surface area contributed by atoms with Crippen LogP contribution in [0, 0.1) is 0 Å². The van der Waals surface area contributed by atoms with E-state index in [0.29, 0.717) is 0 Å². The molecule has 0 N–H and O–H groups in total. The van der Waals surface area contributed by atoms with E-state index in [0.717, 1.165) is 6.29 Å². The van der Waals surface area contributed by atoms with Crippen LogP contribution < -0.4 is 4.90 Å². The molecule has 1 nitrogen and oxygen atoms in total. The molecule has 0 heterocycles. The Morgan fingerprint density at radius 1 is 0.733 bits per heavy atom. The molecule has 0 radical (unpaired) electrons. The van der Waals surface area contributed by atoms with E-state index < -0.39 is 0 Å². The lowest BCUT2D eigenvalue weighted by atomic mass is 10.2. The zero-order chi connectivity index (χ0) is 10.5. The number of rotatable bonds is 3. The number of anilines is 2. The molecule has 1 unspecified atom stereocenters. The maximum atomic E-state index is 2.77. The molecule has 0 aliphatic rings. The predicted octanol–water partition coefficient (Wildman–Crippen LogP) is 3.66. The van der Waals surface area contributed by atoms with Gasteiger partial charge in [-0.05, 0) is 24.3 Å². The molecule has 76 valence electrons. The summed E-state index contributed by atoms with van der Waals surface area (Å²) in [4.78, 5) is 2.25. The molecule has 2 aromatic rings. The third-order valence-corrected chi connectivity index (χ3v) is 2.68. The van der Waals surface area contributed by atoms with Crippen LogP contribution in [0.2, 0.25) is 0 Å². The fourth-order valence-electron chi connectivity index (χ4n) is 1.58. The van der Waals surface area contributed by atoms with Gasteiger partial charge >= 0.3 is 0 Å². The van der Waals surface area contributed by atoms with Crippen LogP contribution in [0.1, 0.15) is 0 Å². The molecule has 0 spiro atoms. The Morgan fingerprint density at radius 2 is 1.13 bits per heavy atom. The molecule has 1 atom stereocenters. The van der Waals surface area contributed by atoms with Crippen LogP contribution in [0.4, 0.5) is 11.4 Å². The highest BCUT2D eigenvalue weighted by Crippen LogP contribution is 2.25. The molecule has 0 aliphatic heterocycles. The molecule has 0 bridgehead atoms. The van der Waals surface area contributed by atoms with Gasteiger partial charge < -0.3 is 4.90 Å². The molecule has 2 heteroatoms. The van der Waals surface area contributed by atoms with Gasteiger partial charge in [0.1, 0.15) is 0 Å². The Morgan fingerprint density at radius 3 is 1.47 bits per heavy atom. The van der Waals surface area contributed by atoms with Gasteiger partial charge in [0.2, 0.25) is 0 Å². The van der Waals surface area contributed by atoms with E-state index in [1.165, 1.54) is 11.4 Å². The van der Waals surface area contributed by atoms with E-state index in [2.05, 4.69) is 62.7 Å². The van der Waals surface area contributed by atoms with Gasteiger partial charge in [0.15, 0.2) is 0 Å². The quantitative estimate of drug-likeness (QED) is 0.706. The zero-order valence-corrected chi connectivity index (χ0v) is 9.66.